The van der Waals surface area contributed by atoms with Gasteiger partial charge in [0.25, 0.3) is 0 Å². The molecule has 0 aliphatic carbocycles. The lowest BCUT2D eigenvalue weighted by molar-refractivity contribution is -0.138. The minimum atomic E-state index is -0.644. The van der Waals surface area contributed by atoms with E-state index in [1.165, 1.54) is 12.7 Å². The molecule has 7 nitrogen and oxygen atoms in total. The number of rotatable bonds is 7. The molecule has 198 valence electrons. The molecule has 0 saturated carbocycles. The quantitative estimate of drug-likeness (QED) is 0.183. The molecule has 37 heavy (non-hydrogen) atoms. The van der Waals surface area contributed by atoms with Gasteiger partial charge in [-0.05, 0) is 54.5 Å². The Balaban J connectivity index is 1.56. The first-order valence-electron chi connectivity index (χ1n) is 12.9. The van der Waals surface area contributed by atoms with Crippen LogP contribution in [0.5, 0.6) is 5.75 Å². The fourth-order valence-corrected chi connectivity index (χ4v) is 7.53. The molecule has 3 aliphatic heterocycles. The van der Waals surface area contributed by atoms with Crippen molar-refractivity contribution in [2.45, 2.75) is 43.9 Å². The van der Waals surface area contributed by atoms with Crippen molar-refractivity contribution in [2.24, 2.45) is 11.8 Å². The lowest BCUT2D eigenvalue weighted by Crippen LogP contribution is -2.66. The van der Waals surface area contributed by atoms with Crippen molar-refractivity contribution < 1.29 is 22.1 Å². The Kier molecular flexibility index (Phi) is 7.70. The maximum atomic E-state index is 12.8. The van der Waals surface area contributed by atoms with Gasteiger partial charge in [0.05, 0.1) is 39.2 Å². The highest BCUT2D eigenvalue weighted by Crippen LogP contribution is 2.58. The first-order chi connectivity index (χ1) is 18.0. The van der Waals surface area contributed by atoms with E-state index in [0.717, 1.165) is 54.9 Å². The van der Waals surface area contributed by atoms with Gasteiger partial charge in [0, 0.05) is 23.7 Å². The van der Waals surface area contributed by atoms with Crippen LogP contribution < -0.4 is 10.1 Å². The van der Waals surface area contributed by atoms with Gasteiger partial charge in [-0.3, -0.25) is 7.97 Å². The van der Waals surface area contributed by atoms with E-state index in [-0.39, 0.29) is 23.8 Å². The van der Waals surface area contributed by atoms with Crippen molar-refractivity contribution in [2.75, 3.05) is 39.7 Å². The number of methoxy groups -OCH3 is 3. The van der Waals surface area contributed by atoms with Gasteiger partial charge in [0.15, 0.2) is 5.72 Å². The number of fused-ring (bicyclic) bond motifs is 5. The number of ether oxygens (including phenoxy) is 3. The van der Waals surface area contributed by atoms with Crippen molar-refractivity contribution in [3.8, 4) is 16.9 Å². The maximum absolute atomic E-state index is 12.8. The largest absolute Gasteiger partial charge is 0.504 e. The van der Waals surface area contributed by atoms with E-state index in [1.807, 2.05) is 18.2 Å². The number of carbonyl (C=O) groups excluding carboxylic acids is 1. The number of piperidine rings is 2. The summed E-state index contributed by atoms with van der Waals surface area (Å²) in [5, 5.41) is 3.83. The van der Waals surface area contributed by atoms with E-state index < -0.39 is 5.72 Å². The molecule has 1 N–H and O–H groups in total. The molecule has 8 heteroatoms. The van der Waals surface area contributed by atoms with E-state index in [2.05, 4.69) is 64.4 Å². The molecule has 0 aromatic heterocycles. The van der Waals surface area contributed by atoms with E-state index in [4.69, 9.17) is 17.3 Å². The molecule has 5 atom stereocenters. The number of benzene rings is 2. The Morgan fingerprint density at radius 1 is 1.19 bits per heavy atom. The van der Waals surface area contributed by atoms with Crippen LogP contribution in [0.3, 0.4) is 0 Å². The van der Waals surface area contributed by atoms with Crippen LogP contribution in [-0.2, 0) is 17.3 Å². The predicted molar refractivity (Wildman–Crippen MR) is 152 cm³/mol. The fraction of sp³-hybridized carbons (Fsp3) is 0.483. The van der Waals surface area contributed by atoms with Crippen LogP contribution in [0.25, 0.3) is 11.1 Å². The second-order valence-corrected chi connectivity index (χ2v) is 10.6. The van der Waals surface area contributed by atoms with Crippen LogP contribution >= 0.6 is 23.0 Å². The molecule has 3 heterocycles. The predicted octanol–water partition coefficient (Wildman–Crippen LogP) is 5.76. The summed E-state index contributed by atoms with van der Waals surface area (Å²) in [5.41, 5.74) is 4.43. The summed E-state index contributed by atoms with van der Waals surface area (Å²) >= 11 is 2.06. The molecule has 2 saturated heterocycles. The number of esters is 1. The lowest BCUT2D eigenvalue weighted by Gasteiger charge is -2.55. The zero-order valence-corrected chi connectivity index (χ0v) is 24.0. The van der Waals surface area contributed by atoms with E-state index in [1.54, 1.807) is 20.5 Å². The molecule has 0 amide bonds. The molecule has 2 aromatic carbocycles. The van der Waals surface area contributed by atoms with Crippen LogP contribution in [0.1, 0.15) is 37.7 Å². The van der Waals surface area contributed by atoms with Crippen LogP contribution in [-0.4, -0.2) is 57.1 Å². The fourth-order valence-electron chi connectivity index (χ4n) is 6.82. The highest BCUT2D eigenvalue weighted by atomic mass is 127. The molecular weight excluding hydrogens is 583 g/mol. The van der Waals surface area contributed by atoms with E-state index >= 15 is 0 Å². The Morgan fingerprint density at radius 2 is 1.97 bits per heavy atom. The van der Waals surface area contributed by atoms with Crippen molar-refractivity contribution >= 4 is 34.7 Å². The number of anilines is 1. The van der Waals surface area contributed by atoms with Crippen LogP contribution in [0, 0.1) is 11.8 Å². The second-order valence-electron chi connectivity index (χ2n) is 10.2. The van der Waals surface area contributed by atoms with Crippen LogP contribution in [0.4, 0.5) is 5.69 Å². The zero-order chi connectivity index (χ0) is 26.2. The smallest absolute Gasteiger partial charge is 0.337 e. The highest BCUT2D eigenvalue weighted by Gasteiger charge is 2.60. The standard InChI is InChI=1S/C29H35IN2O5/c1-5-18-16-32-12-11-23-27-24(13-20(14-25(27)35-3)19-9-7-6-8-10-19)31-29(23,37-30)26(32)15-21(18)22(17-34-2)28(33)36-4/h6-10,13-14,17-18,21,23,26,31H,5,11-12,15-16H2,1-4H3/b22-17+/t18-,21+,23?,26+,29-/m1/s1. The molecular formula is C29H35IN2O5. The molecule has 5 rings (SSSR count). The van der Waals surface area contributed by atoms with E-state index in [0.29, 0.717) is 11.5 Å². The topological polar surface area (TPSA) is 69.3 Å². The lowest BCUT2D eigenvalue weighted by atomic mass is 9.69. The molecule has 3 aliphatic rings. The average molecular weight is 619 g/mol. The number of halogens is 1. The summed E-state index contributed by atoms with van der Waals surface area (Å²) in [5.74, 6) is 1.00. The van der Waals surface area contributed by atoms with Gasteiger partial charge < -0.3 is 19.5 Å². The summed E-state index contributed by atoms with van der Waals surface area (Å²) in [6.45, 7) is 4.05. The van der Waals surface area contributed by atoms with Crippen LogP contribution in [0.2, 0.25) is 0 Å². The number of carbonyl (C=O) groups is 1. The molecule has 1 unspecified atom stereocenters. The normalized spacial score (nSPS) is 28.9. The molecule has 2 aromatic rings. The number of nitrogens with one attached hydrogen (secondary N) is 1. The van der Waals surface area contributed by atoms with Crippen molar-refractivity contribution in [1.29, 1.82) is 0 Å². The molecule has 0 spiro atoms. The summed E-state index contributed by atoms with van der Waals surface area (Å²) in [6, 6.07) is 14.8. The molecule has 0 bridgehead atoms. The van der Waals surface area contributed by atoms with Gasteiger partial charge in [-0.2, -0.15) is 0 Å². The first-order valence-corrected chi connectivity index (χ1v) is 13.8. The van der Waals surface area contributed by atoms with Gasteiger partial charge in [-0.1, -0.05) is 43.7 Å². The first kappa shape index (κ1) is 26.3. The minimum Gasteiger partial charge on any atom is -0.504 e. The highest BCUT2D eigenvalue weighted by molar-refractivity contribution is 14.1. The number of hydrogen-bond acceptors (Lipinski definition) is 7. The Labute approximate surface area is 233 Å². The third-order valence-electron chi connectivity index (χ3n) is 8.54. The molecule has 2 fully saturated rings. The summed E-state index contributed by atoms with van der Waals surface area (Å²) in [6.07, 6.45) is 4.25. The maximum Gasteiger partial charge on any atom is 0.337 e. The van der Waals surface area contributed by atoms with Crippen molar-refractivity contribution in [3.05, 3.63) is 59.9 Å². The summed E-state index contributed by atoms with van der Waals surface area (Å²) in [7, 11) is 4.75. The van der Waals surface area contributed by atoms with Crippen molar-refractivity contribution in [1.82, 2.24) is 4.90 Å². The third kappa shape index (κ3) is 4.40. The minimum absolute atomic E-state index is 0.00751. The second kappa shape index (κ2) is 10.8. The Morgan fingerprint density at radius 3 is 2.62 bits per heavy atom. The van der Waals surface area contributed by atoms with Gasteiger partial charge in [-0.25, -0.2) is 4.79 Å². The van der Waals surface area contributed by atoms with Gasteiger partial charge in [0.1, 0.15) is 28.8 Å². The Bertz CT molecular complexity index is 1170. The van der Waals surface area contributed by atoms with Gasteiger partial charge >= 0.3 is 5.97 Å². The molecule has 0 radical (unpaired) electrons. The van der Waals surface area contributed by atoms with Crippen LogP contribution in [0.15, 0.2) is 54.3 Å². The summed E-state index contributed by atoms with van der Waals surface area (Å²) < 4.78 is 22.9. The SMILES string of the molecule is CC[C@@H]1CN2CCC3c4c(cc(-c5ccccc5)cc4OC)N[C@]3(OI)[C@@H]2C[C@@H]1/C(=C\OC)C(=O)OC. The van der Waals surface area contributed by atoms with Gasteiger partial charge in [-0.15, -0.1) is 0 Å². The zero-order valence-electron chi connectivity index (χ0n) is 21.8. The van der Waals surface area contributed by atoms with E-state index in [9.17, 15) is 4.79 Å². The number of nitrogens with zero attached hydrogens (tertiary/aromatic N) is 1. The monoisotopic (exact) mass is 618 g/mol. The van der Waals surface area contributed by atoms with Gasteiger partial charge in [0.2, 0.25) is 0 Å². The summed E-state index contributed by atoms with van der Waals surface area (Å²) in [4.78, 5) is 15.3. The average Bonchev–Trinajstić information content (AvgIpc) is 3.29. The number of hydrogen-bond donors (Lipinski definition) is 1. The third-order valence-corrected chi connectivity index (χ3v) is 9.27. The Hall–Kier alpha value is -2.30. The van der Waals surface area contributed by atoms with Crippen molar-refractivity contribution in [3.63, 3.8) is 0 Å².